The molecule has 3 heterocycles. The maximum Gasteiger partial charge on any atom is 0.174 e. The van der Waals surface area contributed by atoms with E-state index in [0.717, 1.165) is 28.5 Å². The quantitative estimate of drug-likeness (QED) is 0.344. The van der Waals surface area contributed by atoms with Crippen LogP contribution in [0, 0.1) is 12.7 Å². The summed E-state index contributed by atoms with van der Waals surface area (Å²) in [6.45, 7) is 1.74. The van der Waals surface area contributed by atoms with Gasteiger partial charge in [-0.1, -0.05) is 17.7 Å². The van der Waals surface area contributed by atoms with Gasteiger partial charge < -0.3 is 14.6 Å². The zero-order valence-electron chi connectivity index (χ0n) is 17.1. The number of halogens is 2. The molecule has 0 aliphatic carbocycles. The smallest absolute Gasteiger partial charge is 0.174 e. The zero-order chi connectivity index (χ0) is 22.2. The first kappa shape index (κ1) is 20.7. The predicted octanol–water partition coefficient (Wildman–Crippen LogP) is 6.62. The number of aryl methyl sites for hydroxylation is 1. The van der Waals surface area contributed by atoms with Gasteiger partial charge in [0, 0.05) is 22.5 Å². The van der Waals surface area contributed by atoms with E-state index in [1.807, 2.05) is 59.5 Å². The molecule has 4 aromatic rings. The number of hydrogen-bond acceptors (Lipinski definition) is 3. The van der Waals surface area contributed by atoms with Crippen molar-refractivity contribution in [2.45, 2.75) is 19.0 Å². The third-order valence-electron chi connectivity index (χ3n) is 5.56. The van der Waals surface area contributed by atoms with Crippen LogP contribution in [0.5, 0.6) is 0 Å². The van der Waals surface area contributed by atoms with Gasteiger partial charge in [0.15, 0.2) is 5.11 Å². The Hall–Kier alpha value is -3.22. The maximum atomic E-state index is 14.0. The van der Waals surface area contributed by atoms with Gasteiger partial charge in [-0.25, -0.2) is 4.39 Å². The van der Waals surface area contributed by atoms with E-state index in [9.17, 15) is 4.39 Å². The third kappa shape index (κ3) is 3.76. The lowest BCUT2D eigenvalue weighted by Gasteiger charge is -2.26. The van der Waals surface area contributed by atoms with Crippen molar-refractivity contribution >= 4 is 34.6 Å². The lowest BCUT2D eigenvalue weighted by molar-refractivity contribution is 0.439. The molecule has 1 aliphatic rings. The Morgan fingerprint density at radius 3 is 2.59 bits per heavy atom. The second-order valence-corrected chi connectivity index (χ2v) is 8.46. The Balaban J connectivity index is 1.60. The van der Waals surface area contributed by atoms with Gasteiger partial charge >= 0.3 is 0 Å². The summed E-state index contributed by atoms with van der Waals surface area (Å²) < 4.78 is 20.3. The number of thiocarbonyl (C=S) groups is 1. The molecule has 1 saturated heterocycles. The van der Waals surface area contributed by atoms with E-state index in [1.165, 1.54) is 6.07 Å². The molecule has 2 aromatic heterocycles. The van der Waals surface area contributed by atoms with Crippen LogP contribution in [0.4, 0.5) is 10.1 Å². The molecular weight excluding hydrogens is 445 g/mol. The molecule has 2 aromatic carbocycles. The molecule has 0 amide bonds. The molecule has 1 fully saturated rings. The van der Waals surface area contributed by atoms with Crippen LogP contribution >= 0.6 is 23.8 Å². The fourth-order valence-electron chi connectivity index (χ4n) is 3.98. The van der Waals surface area contributed by atoms with Crippen molar-refractivity contribution in [3.8, 4) is 11.3 Å². The highest BCUT2D eigenvalue weighted by Gasteiger charge is 2.42. The van der Waals surface area contributed by atoms with Crippen molar-refractivity contribution in [2.24, 2.45) is 0 Å². The van der Waals surface area contributed by atoms with E-state index < -0.39 is 0 Å². The van der Waals surface area contributed by atoms with Crippen molar-refractivity contribution in [3.63, 3.8) is 0 Å². The minimum atomic E-state index is -0.302. The summed E-state index contributed by atoms with van der Waals surface area (Å²) in [6.07, 6.45) is 1.75. The van der Waals surface area contributed by atoms with Crippen LogP contribution in [0.1, 0.15) is 29.1 Å². The second-order valence-electron chi connectivity index (χ2n) is 7.64. The van der Waals surface area contributed by atoms with Crippen LogP contribution in [0.15, 0.2) is 83.4 Å². The molecule has 4 nitrogen and oxygen atoms in total. The van der Waals surface area contributed by atoms with Gasteiger partial charge in [-0.05, 0) is 91.4 Å². The molecular formula is C25H19ClFN3OS. The third-order valence-corrected chi connectivity index (χ3v) is 6.13. The number of nitrogens with zero attached hydrogens (tertiary/aromatic N) is 2. The van der Waals surface area contributed by atoms with Gasteiger partial charge in [-0.15, -0.1) is 0 Å². The van der Waals surface area contributed by atoms with Crippen LogP contribution < -0.4 is 10.2 Å². The number of rotatable bonds is 4. The first-order valence-electron chi connectivity index (χ1n) is 10.1. The predicted molar refractivity (Wildman–Crippen MR) is 128 cm³/mol. The first-order chi connectivity index (χ1) is 15.5. The topological polar surface area (TPSA) is 41.3 Å². The number of aromatic nitrogens is 1. The number of pyridine rings is 1. The summed E-state index contributed by atoms with van der Waals surface area (Å²) in [5.74, 6) is 1.19. The number of benzene rings is 2. The Kier molecular flexibility index (Phi) is 5.41. The van der Waals surface area contributed by atoms with Crippen molar-refractivity contribution in [1.82, 2.24) is 10.3 Å². The van der Waals surface area contributed by atoms with E-state index in [1.54, 1.807) is 25.3 Å². The molecule has 1 aliphatic heterocycles. The Labute approximate surface area is 195 Å². The zero-order valence-corrected chi connectivity index (χ0v) is 18.7. The average Bonchev–Trinajstić information content (AvgIpc) is 3.41. The van der Waals surface area contributed by atoms with Gasteiger partial charge in [0.2, 0.25) is 0 Å². The number of hydrogen-bond donors (Lipinski definition) is 1. The summed E-state index contributed by atoms with van der Waals surface area (Å²) in [4.78, 5) is 6.50. The van der Waals surface area contributed by atoms with E-state index in [4.69, 9.17) is 28.2 Å². The maximum absolute atomic E-state index is 14.0. The summed E-state index contributed by atoms with van der Waals surface area (Å²) in [7, 11) is 0. The van der Waals surface area contributed by atoms with E-state index >= 15 is 0 Å². The highest BCUT2D eigenvalue weighted by molar-refractivity contribution is 7.80. The SMILES string of the molecule is Cc1cc(N2C(=S)N[C@H](c3ccccn3)[C@@H]2c2ccc(-c3ccc(Cl)cc3)o2)ccc1F. The normalized spacial score (nSPS) is 18.1. The molecule has 32 heavy (non-hydrogen) atoms. The fraction of sp³-hybridized carbons (Fsp3) is 0.120. The molecule has 1 N–H and O–H groups in total. The largest absolute Gasteiger partial charge is 0.459 e. The molecule has 7 heteroatoms. The van der Waals surface area contributed by atoms with Crippen molar-refractivity contribution in [3.05, 3.63) is 107 Å². The molecule has 2 atom stereocenters. The van der Waals surface area contributed by atoms with Crippen LogP contribution in [-0.4, -0.2) is 10.1 Å². The first-order valence-corrected chi connectivity index (χ1v) is 10.9. The monoisotopic (exact) mass is 463 g/mol. The van der Waals surface area contributed by atoms with E-state index in [2.05, 4.69) is 10.3 Å². The molecule has 0 bridgehead atoms. The highest BCUT2D eigenvalue weighted by Crippen LogP contribution is 2.43. The van der Waals surface area contributed by atoms with Gasteiger partial charge in [0.1, 0.15) is 23.4 Å². The molecule has 0 radical (unpaired) electrons. The average molecular weight is 464 g/mol. The highest BCUT2D eigenvalue weighted by atomic mass is 35.5. The molecule has 0 spiro atoms. The Bertz CT molecular complexity index is 1280. The Morgan fingerprint density at radius 1 is 1.06 bits per heavy atom. The minimum absolute atomic E-state index is 0.238. The summed E-state index contributed by atoms with van der Waals surface area (Å²) in [5, 5.41) is 4.58. The summed E-state index contributed by atoms with van der Waals surface area (Å²) >= 11 is 11.7. The molecule has 160 valence electrons. The lowest BCUT2D eigenvalue weighted by atomic mass is 10.0. The van der Waals surface area contributed by atoms with Gasteiger partial charge in [-0.2, -0.15) is 0 Å². The van der Waals surface area contributed by atoms with Crippen molar-refractivity contribution in [1.29, 1.82) is 0 Å². The lowest BCUT2D eigenvalue weighted by Crippen LogP contribution is -2.29. The van der Waals surface area contributed by atoms with Gasteiger partial charge in [0.05, 0.1) is 11.7 Å². The number of anilines is 1. The number of nitrogens with one attached hydrogen (secondary N) is 1. The van der Waals surface area contributed by atoms with Crippen molar-refractivity contribution in [2.75, 3.05) is 4.90 Å². The van der Waals surface area contributed by atoms with Gasteiger partial charge in [-0.3, -0.25) is 4.98 Å². The van der Waals surface area contributed by atoms with Crippen molar-refractivity contribution < 1.29 is 8.81 Å². The van der Waals surface area contributed by atoms with Crippen LogP contribution in [0.2, 0.25) is 5.02 Å². The van der Waals surface area contributed by atoms with Crippen LogP contribution in [0.25, 0.3) is 11.3 Å². The van der Waals surface area contributed by atoms with Crippen LogP contribution in [-0.2, 0) is 0 Å². The van der Waals surface area contributed by atoms with Gasteiger partial charge in [0.25, 0.3) is 0 Å². The summed E-state index contributed by atoms with van der Waals surface area (Å²) in [6, 6.07) is 21.6. The summed E-state index contributed by atoms with van der Waals surface area (Å²) in [5.41, 5.74) is 3.10. The number of furan rings is 1. The minimum Gasteiger partial charge on any atom is -0.459 e. The molecule has 0 saturated carbocycles. The van der Waals surface area contributed by atoms with E-state index in [-0.39, 0.29) is 17.9 Å². The molecule has 0 unspecified atom stereocenters. The Morgan fingerprint density at radius 2 is 1.88 bits per heavy atom. The fourth-order valence-corrected chi connectivity index (χ4v) is 4.45. The standard InChI is InChI=1S/C25H19ClFN3OS/c1-15-14-18(9-10-19(15)27)30-24(23(29-25(30)32)20-4-2-3-13-28-20)22-12-11-21(31-22)16-5-7-17(26)8-6-16/h2-14,23-24H,1H3,(H,29,32)/t23-,24+/m1/s1. The molecule has 5 rings (SSSR count). The van der Waals surface area contributed by atoms with E-state index in [0.29, 0.717) is 15.7 Å². The second kappa shape index (κ2) is 8.37. The van der Waals surface area contributed by atoms with Crippen LogP contribution in [0.3, 0.4) is 0 Å².